The Morgan fingerprint density at radius 2 is 1.84 bits per heavy atom. The van der Waals surface area contributed by atoms with E-state index in [1.165, 1.54) is 24.1 Å². The molecule has 4 amide bonds. The highest BCUT2D eigenvalue weighted by Gasteiger charge is 2.48. The molecular weight excluding hydrogens is 570 g/mol. The zero-order valence-electron chi connectivity index (χ0n) is 24.2. The van der Waals surface area contributed by atoms with Crippen molar-refractivity contribution < 1.29 is 27.9 Å². The number of hydrogen-bond donors (Lipinski definition) is 2. The van der Waals surface area contributed by atoms with Crippen molar-refractivity contribution >= 4 is 23.7 Å². The molecule has 4 heterocycles. The van der Waals surface area contributed by atoms with Crippen molar-refractivity contribution in [3.63, 3.8) is 0 Å². The van der Waals surface area contributed by atoms with E-state index in [0.717, 1.165) is 38.5 Å². The van der Waals surface area contributed by atoms with E-state index in [1.54, 1.807) is 24.3 Å². The number of urea groups is 1. The van der Waals surface area contributed by atoms with Crippen LogP contribution < -0.4 is 20.3 Å². The molecular formula is C32H30F2N6O4. The third-order valence-corrected chi connectivity index (χ3v) is 8.19. The molecule has 3 aromatic rings. The number of hydrogen-bond acceptors (Lipinski definition) is 7. The number of rotatable bonds is 6. The number of ether oxygens (including phenoxy) is 1. The summed E-state index contributed by atoms with van der Waals surface area (Å²) in [4.78, 5) is 48.7. The number of methoxy groups -OCH3 is 1. The van der Waals surface area contributed by atoms with E-state index in [2.05, 4.69) is 39.2 Å². The van der Waals surface area contributed by atoms with Gasteiger partial charge in [-0.15, -0.1) is 0 Å². The summed E-state index contributed by atoms with van der Waals surface area (Å²) >= 11 is 0. The van der Waals surface area contributed by atoms with Crippen molar-refractivity contribution in [3.05, 3.63) is 76.9 Å². The first kappa shape index (κ1) is 29.1. The average molecular weight is 601 g/mol. The van der Waals surface area contributed by atoms with E-state index in [-0.39, 0.29) is 30.0 Å². The van der Waals surface area contributed by atoms with Gasteiger partial charge in [-0.25, -0.2) is 18.6 Å². The van der Waals surface area contributed by atoms with E-state index in [1.807, 2.05) is 12.1 Å². The lowest BCUT2D eigenvalue weighted by atomic mass is 9.98. The molecule has 2 aromatic carbocycles. The normalized spacial score (nSPS) is 19.8. The van der Waals surface area contributed by atoms with E-state index in [4.69, 9.17) is 9.72 Å². The van der Waals surface area contributed by atoms with Crippen molar-refractivity contribution in [1.82, 2.24) is 25.4 Å². The van der Waals surface area contributed by atoms with Crippen molar-refractivity contribution in [2.75, 3.05) is 51.3 Å². The minimum Gasteiger partial charge on any atom is -0.494 e. The average Bonchev–Trinajstić information content (AvgIpc) is 3.50. The summed E-state index contributed by atoms with van der Waals surface area (Å²) in [7, 11) is 1.30. The Kier molecular flexibility index (Phi) is 7.65. The lowest BCUT2D eigenvalue weighted by Crippen LogP contribution is -2.54. The number of pyridine rings is 1. The molecule has 0 saturated carbocycles. The minimum absolute atomic E-state index is 0.00530. The first-order chi connectivity index (χ1) is 21.2. The molecule has 2 fully saturated rings. The number of likely N-dealkylation sites (N-methyl/N-ethyl adjacent to an activating group) is 1. The van der Waals surface area contributed by atoms with E-state index >= 15 is 4.39 Å². The third-order valence-electron chi connectivity index (χ3n) is 8.19. The Balaban J connectivity index is 1.24. The highest BCUT2D eigenvalue weighted by Crippen LogP contribution is 2.32. The van der Waals surface area contributed by atoms with E-state index < -0.39 is 35.0 Å². The van der Waals surface area contributed by atoms with Gasteiger partial charge in [0.05, 0.1) is 24.9 Å². The summed E-state index contributed by atoms with van der Waals surface area (Å²) in [6.07, 6.45) is 0. The zero-order chi connectivity index (χ0) is 31.0. The second kappa shape index (κ2) is 11.6. The molecule has 1 aromatic heterocycles. The smallest absolute Gasteiger partial charge is 0.323 e. The standard InChI is InChI=1S/C32H30F2N6O4/c1-3-38-13-15-39(16-14-38)26-6-4-5-24(35-26)22-9-7-20(17-23(22)33)11-12-32(30(42)36-31(43)37-32)19-40-18-21-8-10-25(44-2)28(34)27(21)29(40)41/h4-10,17H,3,13-16,18-19H2,1-2H3,(H2,36,37,42,43)/t32-/m1/s1. The summed E-state index contributed by atoms with van der Waals surface area (Å²) < 4.78 is 35.2. The van der Waals surface area contributed by atoms with E-state index in [9.17, 15) is 18.8 Å². The second-order valence-electron chi connectivity index (χ2n) is 10.8. The van der Waals surface area contributed by atoms with Crippen LogP contribution >= 0.6 is 0 Å². The van der Waals surface area contributed by atoms with Crippen LogP contribution in [0.2, 0.25) is 0 Å². The molecule has 2 saturated heterocycles. The monoisotopic (exact) mass is 600 g/mol. The Morgan fingerprint density at radius 1 is 1.05 bits per heavy atom. The Labute approximate surface area is 253 Å². The molecule has 44 heavy (non-hydrogen) atoms. The molecule has 12 heteroatoms. The third kappa shape index (κ3) is 5.31. The molecule has 0 radical (unpaired) electrons. The van der Waals surface area contributed by atoms with Crippen molar-refractivity contribution in [1.29, 1.82) is 0 Å². The maximum Gasteiger partial charge on any atom is 0.323 e. The molecule has 0 bridgehead atoms. The Hall–Kier alpha value is -5.02. The predicted molar refractivity (Wildman–Crippen MR) is 158 cm³/mol. The molecule has 3 aliphatic heterocycles. The number of piperazine rings is 1. The molecule has 10 nitrogen and oxygen atoms in total. The van der Waals surface area contributed by atoms with Gasteiger partial charge >= 0.3 is 6.03 Å². The number of anilines is 1. The molecule has 0 aliphatic carbocycles. The number of benzene rings is 2. The quantitative estimate of drug-likeness (QED) is 0.331. The summed E-state index contributed by atoms with van der Waals surface area (Å²) in [5, 5.41) is 4.65. The van der Waals surface area contributed by atoms with Crippen molar-refractivity contribution in [2.45, 2.75) is 19.0 Å². The van der Waals surface area contributed by atoms with Crippen LogP contribution in [0.4, 0.5) is 19.4 Å². The first-order valence-electron chi connectivity index (χ1n) is 14.3. The van der Waals surface area contributed by atoms with Crippen molar-refractivity contribution in [2.24, 2.45) is 0 Å². The topological polar surface area (TPSA) is 107 Å². The van der Waals surface area contributed by atoms with Gasteiger partial charge in [0, 0.05) is 43.9 Å². The van der Waals surface area contributed by atoms with Gasteiger partial charge in [0.2, 0.25) is 5.54 Å². The summed E-state index contributed by atoms with van der Waals surface area (Å²) in [6, 6.07) is 12.1. The molecule has 1 atom stereocenters. The maximum atomic E-state index is 15.4. The predicted octanol–water partition coefficient (Wildman–Crippen LogP) is 2.76. The van der Waals surface area contributed by atoms with E-state index in [0.29, 0.717) is 16.8 Å². The van der Waals surface area contributed by atoms with Crippen LogP contribution in [0.25, 0.3) is 11.3 Å². The molecule has 0 unspecified atom stereocenters. The first-order valence-corrected chi connectivity index (χ1v) is 14.3. The maximum absolute atomic E-state index is 15.4. The molecule has 0 spiro atoms. The van der Waals surface area contributed by atoms with Crippen molar-refractivity contribution in [3.8, 4) is 28.8 Å². The Morgan fingerprint density at radius 3 is 2.52 bits per heavy atom. The van der Waals surface area contributed by atoms with Gasteiger partial charge in [0.1, 0.15) is 11.6 Å². The van der Waals surface area contributed by atoms with Gasteiger partial charge in [-0.1, -0.05) is 30.9 Å². The highest BCUT2D eigenvalue weighted by molar-refractivity contribution is 6.10. The van der Waals surface area contributed by atoms with Gasteiger partial charge in [0.15, 0.2) is 11.6 Å². The fraction of sp³-hybridized carbons (Fsp3) is 0.312. The lowest BCUT2D eigenvalue weighted by Gasteiger charge is -2.34. The SMILES string of the molecule is CCN1CCN(c2cccc(-c3ccc(C#C[C@]4(CN5Cc6ccc(OC)c(F)c6C5=O)NC(=O)NC4=O)cc3F)n2)CC1. The molecule has 6 rings (SSSR count). The van der Waals surface area contributed by atoms with Gasteiger partial charge in [0.25, 0.3) is 11.8 Å². The number of carbonyl (C=O) groups is 3. The molecule has 3 aliphatic rings. The fourth-order valence-electron chi connectivity index (χ4n) is 5.72. The number of fused-ring (bicyclic) bond motifs is 1. The Bertz CT molecular complexity index is 1730. The zero-order valence-corrected chi connectivity index (χ0v) is 24.2. The summed E-state index contributed by atoms with van der Waals surface area (Å²) in [5.41, 5.74) is -0.549. The van der Waals surface area contributed by atoms with Crippen LogP contribution in [0.1, 0.15) is 28.4 Å². The summed E-state index contributed by atoms with van der Waals surface area (Å²) in [6.45, 7) is 6.35. The van der Waals surface area contributed by atoms with Crippen LogP contribution in [0.15, 0.2) is 48.5 Å². The second-order valence-corrected chi connectivity index (χ2v) is 10.8. The lowest BCUT2D eigenvalue weighted by molar-refractivity contribution is -0.122. The highest BCUT2D eigenvalue weighted by atomic mass is 19.1. The number of aromatic nitrogens is 1. The number of amides is 4. The van der Waals surface area contributed by atoms with Crippen LogP contribution in [-0.4, -0.2) is 84.5 Å². The van der Waals surface area contributed by atoms with Gasteiger partial charge in [-0.3, -0.25) is 14.9 Å². The molecule has 226 valence electrons. The number of imide groups is 1. The number of halogens is 2. The fourth-order valence-corrected chi connectivity index (χ4v) is 5.72. The largest absolute Gasteiger partial charge is 0.494 e. The van der Waals surface area contributed by atoms with Gasteiger partial charge in [-0.05, 0) is 48.5 Å². The van der Waals surface area contributed by atoms with Crippen LogP contribution in [-0.2, 0) is 11.3 Å². The van der Waals surface area contributed by atoms with Crippen LogP contribution in [0.3, 0.4) is 0 Å². The molecule has 2 N–H and O–H groups in total. The number of nitrogens with one attached hydrogen (secondary N) is 2. The van der Waals surface area contributed by atoms with Gasteiger partial charge < -0.3 is 24.8 Å². The summed E-state index contributed by atoms with van der Waals surface area (Å²) in [5.74, 6) is 3.44. The number of nitrogens with zero attached hydrogens (tertiary/aromatic N) is 4. The van der Waals surface area contributed by atoms with Crippen LogP contribution in [0, 0.1) is 23.5 Å². The van der Waals surface area contributed by atoms with Crippen LogP contribution in [0.5, 0.6) is 5.75 Å². The number of carbonyl (C=O) groups excluding carboxylic acids is 3. The minimum atomic E-state index is -1.83. The van der Waals surface area contributed by atoms with Gasteiger partial charge in [-0.2, -0.15) is 0 Å².